The van der Waals surface area contributed by atoms with Crippen LogP contribution in [0.4, 0.5) is 0 Å². The van der Waals surface area contributed by atoms with Crippen molar-refractivity contribution in [1.82, 2.24) is 14.9 Å². The number of carbonyl (C=O) groups excluding carboxylic acids is 1. The topological polar surface area (TPSA) is 56.2 Å². The Balaban J connectivity index is 1.65. The number of hydrogen-bond acceptors (Lipinski definition) is 3. The average molecular weight is 305 g/mol. The number of nitrogens with zero attached hydrogens (tertiary/aromatic N) is 2. The van der Waals surface area contributed by atoms with Crippen molar-refractivity contribution in [2.75, 3.05) is 6.61 Å². The molecule has 0 saturated heterocycles. The summed E-state index contributed by atoms with van der Waals surface area (Å²) in [7, 11) is 0. The molecular formula is C17H27N3O2. The number of aromatic nitrogens is 2. The van der Waals surface area contributed by atoms with E-state index in [1.54, 1.807) is 0 Å². The van der Waals surface area contributed by atoms with Crippen LogP contribution in [0.25, 0.3) is 0 Å². The highest BCUT2D eigenvalue weighted by Crippen LogP contribution is 2.43. The monoisotopic (exact) mass is 305 g/mol. The predicted molar refractivity (Wildman–Crippen MR) is 84.1 cm³/mol. The molecule has 3 rings (SSSR count). The normalized spacial score (nSPS) is 20.1. The SMILES string of the molecule is CC(C)CC1(C(=O)NCc2cnc3n2CCOC3)CCCC1. The van der Waals surface area contributed by atoms with Crippen molar-refractivity contribution < 1.29 is 9.53 Å². The number of carbonyl (C=O) groups is 1. The van der Waals surface area contributed by atoms with Gasteiger partial charge in [0.15, 0.2) is 0 Å². The third kappa shape index (κ3) is 3.05. The van der Waals surface area contributed by atoms with E-state index >= 15 is 0 Å². The zero-order chi connectivity index (χ0) is 15.6. The Hall–Kier alpha value is -1.36. The summed E-state index contributed by atoms with van der Waals surface area (Å²) in [5.41, 5.74) is 0.950. The van der Waals surface area contributed by atoms with Crippen molar-refractivity contribution in [3.8, 4) is 0 Å². The predicted octanol–water partition coefficient (Wildman–Crippen LogP) is 2.64. The molecule has 1 fully saturated rings. The lowest BCUT2D eigenvalue weighted by Gasteiger charge is -2.29. The molecule has 1 N–H and O–H groups in total. The Kier molecular flexibility index (Phi) is 4.52. The fourth-order valence-electron chi connectivity index (χ4n) is 4.02. The van der Waals surface area contributed by atoms with Crippen LogP contribution in [0, 0.1) is 11.3 Å². The van der Waals surface area contributed by atoms with Crippen molar-refractivity contribution in [2.45, 2.75) is 65.6 Å². The van der Waals surface area contributed by atoms with Crippen LogP contribution in [0.3, 0.4) is 0 Å². The van der Waals surface area contributed by atoms with Gasteiger partial charge in [-0.05, 0) is 25.2 Å². The van der Waals surface area contributed by atoms with E-state index < -0.39 is 0 Å². The number of nitrogens with one attached hydrogen (secondary N) is 1. The van der Waals surface area contributed by atoms with E-state index in [1.807, 2.05) is 6.20 Å². The van der Waals surface area contributed by atoms with E-state index in [-0.39, 0.29) is 11.3 Å². The second kappa shape index (κ2) is 6.41. The molecule has 2 aliphatic rings. The first-order valence-corrected chi connectivity index (χ1v) is 8.50. The van der Waals surface area contributed by atoms with Crippen LogP contribution < -0.4 is 5.32 Å². The zero-order valence-electron chi connectivity index (χ0n) is 13.7. The van der Waals surface area contributed by atoms with Gasteiger partial charge in [0.2, 0.25) is 5.91 Å². The fraction of sp³-hybridized carbons (Fsp3) is 0.765. The number of ether oxygens (including phenoxy) is 1. The number of rotatable bonds is 5. The minimum Gasteiger partial charge on any atom is -0.372 e. The molecule has 1 aliphatic heterocycles. The van der Waals surface area contributed by atoms with E-state index in [4.69, 9.17) is 4.74 Å². The molecule has 0 radical (unpaired) electrons. The molecule has 2 heterocycles. The molecule has 0 bridgehead atoms. The minimum atomic E-state index is -0.137. The van der Waals surface area contributed by atoms with Gasteiger partial charge >= 0.3 is 0 Å². The van der Waals surface area contributed by atoms with Gasteiger partial charge in [-0.2, -0.15) is 0 Å². The largest absolute Gasteiger partial charge is 0.372 e. The number of amides is 1. The van der Waals surface area contributed by atoms with Gasteiger partial charge < -0.3 is 14.6 Å². The summed E-state index contributed by atoms with van der Waals surface area (Å²) in [6, 6.07) is 0. The van der Waals surface area contributed by atoms with Crippen LogP contribution in [-0.2, 0) is 29.2 Å². The first kappa shape index (κ1) is 15.5. The van der Waals surface area contributed by atoms with Crippen molar-refractivity contribution in [1.29, 1.82) is 0 Å². The first-order valence-electron chi connectivity index (χ1n) is 8.50. The third-order valence-electron chi connectivity index (χ3n) is 4.98. The molecule has 1 aromatic rings. The standard InChI is InChI=1S/C17H27N3O2/c1-13(2)9-17(5-3-4-6-17)16(21)19-11-14-10-18-15-12-22-8-7-20(14)15/h10,13H,3-9,11-12H2,1-2H3,(H,19,21). The summed E-state index contributed by atoms with van der Waals surface area (Å²) in [5.74, 6) is 1.76. The smallest absolute Gasteiger partial charge is 0.226 e. The van der Waals surface area contributed by atoms with Gasteiger partial charge in [0.05, 0.1) is 25.0 Å². The molecule has 0 unspecified atom stereocenters. The molecule has 1 aromatic heterocycles. The lowest BCUT2D eigenvalue weighted by atomic mass is 9.77. The molecule has 0 atom stereocenters. The van der Waals surface area contributed by atoms with Crippen LogP contribution in [0.5, 0.6) is 0 Å². The Morgan fingerprint density at radius 1 is 1.45 bits per heavy atom. The second-order valence-corrected chi connectivity index (χ2v) is 7.14. The summed E-state index contributed by atoms with van der Waals surface area (Å²) in [6.45, 7) is 7.12. The minimum absolute atomic E-state index is 0.137. The van der Waals surface area contributed by atoms with Gasteiger partial charge in [-0.15, -0.1) is 0 Å². The Morgan fingerprint density at radius 2 is 2.23 bits per heavy atom. The summed E-state index contributed by atoms with van der Waals surface area (Å²) in [6.07, 6.45) is 7.30. The van der Waals surface area contributed by atoms with E-state index in [0.29, 0.717) is 19.1 Å². The summed E-state index contributed by atoms with van der Waals surface area (Å²) in [4.78, 5) is 17.2. The molecule has 122 valence electrons. The third-order valence-corrected chi connectivity index (χ3v) is 4.98. The highest BCUT2D eigenvalue weighted by molar-refractivity contribution is 5.82. The molecule has 0 spiro atoms. The van der Waals surface area contributed by atoms with Gasteiger partial charge in [0.25, 0.3) is 0 Å². The lowest BCUT2D eigenvalue weighted by molar-refractivity contribution is -0.132. The highest BCUT2D eigenvalue weighted by atomic mass is 16.5. The molecule has 1 amide bonds. The molecule has 22 heavy (non-hydrogen) atoms. The molecule has 5 nitrogen and oxygen atoms in total. The maximum atomic E-state index is 12.8. The zero-order valence-corrected chi connectivity index (χ0v) is 13.7. The molecule has 1 saturated carbocycles. The maximum Gasteiger partial charge on any atom is 0.226 e. The molecule has 1 aliphatic carbocycles. The molecular weight excluding hydrogens is 278 g/mol. The van der Waals surface area contributed by atoms with Crippen LogP contribution in [-0.4, -0.2) is 22.1 Å². The Bertz CT molecular complexity index is 530. The lowest BCUT2D eigenvalue weighted by Crippen LogP contribution is -2.40. The van der Waals surface area contributed by atoms with Crippen molar-refractivity contribution in [2.24, 2.45) is 11.3 Å². The van der Waals surface area contributed by atoms with Crippen molar-refractivity contribution in [3.05, 3.63) is 17.7 Å². The Labute approximate surface area is 132 Å². The average Bonchev–Trinajstić information content (AvgIpc) is 3.12. The maximum absolute atomic E-state index is 12.8. The van der Waals surface area contributed by atoms with Crippen molar-refractivity contribution >= 4 is 5.91 Å². The van der Waals surface area contributed by atoms with Gasteiger partial charge in [0.1, 0.15) is 12.4 Å². The first-order chi connectivity index (χ1) is 10.6. The van der Waals surface area contributed by atoms with E-state index in [2.05, 4.69) is 28.7 Å². The highest BCUT2D eigenvalue weighted by Gasteiger charge is 2.41. The molecule has 5 heteroatoms. The summed E-state index contributed by atoms with van der Waals surface area (Å²) in [5, 5.41) is 3.18. The summed E-state index contributed by atoms with van der Waals surface area (Å²) < 4.78 is 7.58. The van der Waals surface area contributed by atoms with Crippen LogP contribution >= 0.6 is 0 Å². The Morgan fingerprint density at radius 3 is 2.95 bits per heavy atom. The van der Waals surface area contributed by atoms with E-state index in [9.17, 15) is 4.79 Å². The van der Waals surface area contributed by atoms with Crippen LogP contribution in [0.2, 0.25) is 0 Å². The van der Waals surface area contributed by atoms with Crippen molar-refractivity contribution in [3.63, 3.8) is 0 Å². The van der Waals surface area contributed by atoms with E-state index in [1.165, 1.54) is 12.8 Å². The van der Waals surface area contributed by atoms with Gasteiger partial charge in [-0.3, -0.25) is 4.79 Å². The number of hydrogen-bond donors (Lipinski definition) is 1. The van der Waals surface area contributed by atoms with Gasteiger partial charge in [-0.25, -0.2) is 4.98 Å². The van der Waals surface area contributed by atoms with Gasteiger partial charge in [0, 0.05) is 12.0 Å². The van der Waals surface area contributed by atoms with E-state index in [0.717, 1.165) is 43.9 Å². The number of imidazole rings is 1. The summed E-state index contributed by atoms with van der Waals surface area (Å²) >= 11 is 0. The molecule has 0 aromatic carbocycles. The van der Waals surface area contributed by atoms with Crippen LogP contribution in [0.1, 0.15) is 57.5 Å². The van der Waals surface area contributed by atoms with Crippen LogP contribution in [0.15, 0.2) is 6.20 Å². The fourth-order valence-corrected chi connectivity index (χ4v) is 4.02. The number of fused-ring (bicyclic) bond motifs is 1. The van der Waals surface area contributed by atoms with Gasteiger partial charge in [-0.1, -0.05) is 26.7 Å². The second-order valence-electron chi connectivity index (χ2n) is 7.14. The quantitative estimate of drug-likeness (QED) is 0.910.